The molecule has 0 saturated heterocycles. The number of nitrogens with zero attached hydrogens (tertiary/aromatic N) is 1. The highest BCUT2D eigenvalue weighted by molar-refractivity contribution is 7.99. The van der Waals surface area contributed by atoms with Crippen molar-refractivity contribution in [3.8, 4) is 11.5 Å². The molecule has 0 aliphatic heterocycles. The zero-order valence-corrected chi connectivity index (χ0v) is 21.4. The van der Waals surface area contributed by atoms with Crippen molar-refractivity contribution < 1.29 is 28.2 Å². The number of carbonyl (C=O) groups is 2. The Hall–Kier alpha value is -3.43. The van der Waals surface area contributed by atoms with Crippen LogP contribution in [-0.4, -0.2) is 36.2 Å². The number of aromatic nitrogens is 1. The van der Waals surface area contributed by atoms with Crippen molar-refractivity contribution >= 4 is 23.7 Å². The van der Waals surface area contributed by atoms with E-state index in [1.807, 2.05) is 37.3 Å². The topological polar surface area (TPSA) is 86.8 Å². The third-order valence-corrected chi connectivity index (χ3v) is 6.72. The van der Waals surface area contributed by atoms with Crippen molar-refractivity contribution in [1.29, 1.82) is 0 Å². The Bertz CT molecular complexity index is 1160. The summed E-state index contributed by atoms with van der Waals surface area (Å²) in [7, 11) is 1.46. The molecule has 0 amide bonds. The molecule has 0 spiro atoms. The first-order chi connectivity index (χ1) is 17.3. The summed E-state index contributed by atoms with van der Waals surface area (Å²) in [6, 6.07) is 16.8. The Balaban J connectivity index is 1.69. The first-order valence-corrected chi connectivity index (χ1v) is 12.3. The molecule has 3 aromatic rings. The van der Waals surface area contributed by atoms with Gasteiger partial charge in [-0.05, 0) is 43.7 Å². The highest BCUT2D eigenvalue weighted by Gasteiger charge is 2.27. The number of rotatable bonds is 11. The number of methoxy groups -OCH3 is 1. The molecule has 0 aliphatic carbocycles. The lowest BCUT2D eigenvalue weighted by Crippen LogP contribution is -2.37. The van der Waals surface area contributed by atoms with E-state index in [1.54, 1.807) is 25.1 Å². The molecule has 3 rings (SSSR count). The lowest BCUT2D eigenvalue weighted by atomic mass is 10.1. The van der Waals surface area contributed by atoms with Gasteiger partial charge >= 0.3 is 11.9 Å². The molecule has 0 unspecified atom stereocenters. The van der Waals surface area contributed by atoms with E-state index in [4.69, 9.17) is 14.2 Å². The maximum absolute atomic E-state index is 13.5. The second-order valence-electron chi connectivity index (χ2n) is 8.03. The van der Waals surface area contributed by atoms with Crippen LogP contribution in [0.3, 0.4) is 0 Å². The van der Waals surface area contributed by atoms with E-state index in [0.717, 1.165) is 10.5 Å². The van der Waals surface area contributed by atoms with Crippen LogP contribution < -0.4 is 14.8 Å². The molecular weight excluding hydrogens is 483 g/mol. The van der Waals surface area contributed by atoms with E-state index in [2.05, 4.69) is 10.3 Å². The third kappa shape index (κ3) is 7.53. The molecule has 3 atom stereocenters. The van der Waals surface area contributed by atoms with E-state index < -0.39 is 24.1 Å². The number of pyridine rings is 1. The van der Waals surface area contributed by atoms with E-state index >= 15 is 0 Å². The van der Waals surface area contributed by atoms with Crippen molar-refractivity contribution in [2.24, 2.45) is 0 Å². The minimum Gasteiger partial charge on any atom is -0.493 e. The van der Waals surface area contributed by atoms with Crippen LogP contribution >= 0.6 is 11.8 Å². The Morgan fingerprint density at radius 1 is 1.06 bits per heavy atom. The highest BCUT2D eigenvalue weighted by atomic mass is 32.2. The van der Waals surface area contributed by atoms with Crippen LogP contribution in [-0.2, 0) is 20.9 Å². The first-order valence-electron chi connectivity index (χ1n) is 11.4. The molecule has 190 valence electrons. The Kier molecular flexibility index (Phi) is 9.84. The fourth-order valence-electron chi connectivity index (χ4n) is 3.42. The van der Waals surface area contributed by atoms with Gasteiger partial charge in [0.25, 0.3) is 0 Å². The number of hydrogen-bond donors (Lipinski definition) is 1. The molecule has 0 bridgehead atoms. The van der Waals surface area contributed by atoms with Crippen LogP contribution in [0.4, 0.5) is 4.39 Å². The Labute approximate surface area is 214 Å². The maximum Gasteiger partial charge on any atom is 0.323 e. The van der Waals surface area contributed by atoms with Crippen LogP contribution in [0.1, 0.15) is 37.3 Å². The molecule has 0 fully saturated rings. The highest BCUT2D eigenvalue weighted by Crippen LogP contribution is 2.39. The second-order valence-corrected chi connectivity index (χ2v) is 9.25. The monoisotopic (exact) mass is 512 g/mol. The van der Waals surface area contributed by atoms with Gasteiger partial charge in [0.15, 0.2) is 11.5 Å². The van der Waals surface area contributed by atoms with Gasteiger partial charge in [0.1, 0.15) is 23.7 Å². The molecule has 2 aromatic carbocycles. The van der Waals surface area contributed by atoms with Gasteiger partial charge in [-0.25, -0.2) is 4.39 Å². The second kappa shape index (κ2) is 13.0. The average Bonchev–Trinajstić information content (AvgIpc) is 2.87. The molecule has 36 heavy (non-hydrogen) atoms. The number of hydrogen-bond acceptors (Lipinski definition) is 8. The quantitative estimate of drug-likeness (QED) is 0.281. The van der Waals surface area contributed by atoms with Crippen LogP contribution in [0.25, 0.3) is 0 Å². The summed E-state index contributed by atoms with van der Waals surface area (Å²) < 4.78 is 29.9. The van der Waals surface area contributed by atoms with E-state index in [1.165, 1.54) is 44.1 Å². The molecule has 1 heterocycles. The Morgan fingerprint density at radius 3 is 2.39 bits per heavy atom. The predicted octanol–water partition coefficient (Wildman–Crippen LogP) is 5.10. The molecule has 7 nitrogen and oxygen atoms in total. The minimum absolute atomic E-state index is 0.143. The fourth-order valence-corrected chi connectivity index (χ4v) is 4.57. The summed E-state index contributed by atoms with van der Waals surface area (Å²) in [5, 5.41) is 2.81. The van der Waals surface area contributed by atoms with Gasteiger partial charge in [-0.3, -0.25) is 19.9 Å². The fraction of sp³-hybridized carbons (Fsp3) is 0.296. The van der Waals surface area contributed by atoms with Crippen LogP contribution in [0.15, 0.2) is 71.8 Å². The summed E-state index contributed by atoms with van der Waals surface area (Å²) in [5.41, 5.74) is 1.26. The van der Waals surface area contributed by atoms with Crippen molar-refractivity contribution in [3.05, 3.63) is 83.9 Å². The van der Waals surface area contributed by atoms with Gasteiger partial charge in [-0.2, -0.15) is 0 Å². The van der Waals surface area contributed by atoms with Gasteiger partial charge in [0, 0.05) is 30.6 Å². The zero-order chi connectivity index (χ0) is 26.1. The van der Waals surface area contributed by atoms with Crippen LogP contribution in [0.2, 0.25) is 0 Å². The number of carbonyl (C=O) groups excluding carboxylic acids is 2. The van der Waals surface area contributed by atoms with Crippen LogP contribution in [0, 0.1) is 5.82 Å². The predicted molar refractivity (Wildman–Crippen MR) is 135 cm³/mol. The van der Waals surface area contributed by atoms with Crippen molar-refractivity contribution in [2.45, 2.75) is 49.6 Å². The summed E-state index contributed by atoms with van der Waals surface area (Å²) in [5.74, 6) is -0.735. The average molecular weight is 513 g/mol. The van der Waals surface area contributed by atoms with E-state index in [9.17, 15) is 14.0 Å². The van der Waals surface area contributed by atoms with E-state index in [-0.39, 0.29) is 23.4 Å². The first kappa shape index (κ1) is 27.2. The maximum atomic E-state index is 13.5. The summed E-state index contributed by atoms with van der Waals surface area (Å²) >= 11 is 1.54. The number of halogens is 1. The van der Waals surface area contributed by atoms with Gasteiger partial charge in [-0.15, -0.1) is 11.8 Å². The van der Waals surface area contributed by atoms with Crippen molar-refractivity contribution in [2.75, 3.05) is 7.11 Å². The third-order valence-electron chi connectivity index (χ3n) is 5.27. The van der Waals surface area contributed by atoms with Crippen LogP contribution in [0.5, 0.6) is 11.5 Å². The smallest absolute Gasteiger partial charge is 0.323 e. The van der Waals surface area contributed by atoms with Gasteiger partial charge in [-0.1, -0.05) is 30.3 Å². The SMILES string of the molecule is COc1ccnc(CN[C@@H](C)C(=O)O[C@@H](C)[C@H](Sc2ccccc2)c2ccc(F)cc2)c1OC(C)=O. The van der Waals surface area contributed by atoms with Crippen molar-refractivity contribution in [1.82, 2.24) is 10.3 Å². The summed E-state index contributed by atoms with van der Waals surface area (Å²) in [4.78, 5) is 29.7. The van der Waals surface area contributed by atoms with Gasteiger partial charge in [0.2, 0.25) is 0 Å². The van der Waals surface area contributed by atoms with Gasteiger partial charge < -0.3 is 14.2 Å². The standard InChI is InChI=1S/C27H29FN2O5S/c1-17(30-16-23-25(35-19(3)31)24(33-4)14-15-29-23)27(32)34-18(2)26(20-10-12-21(28)13-11-20)36-22-8-6-5-7-9-22/h5-15,17-18,26,30H,16H2,1-4H3/t17-,18-,26-/m0/s1. The molecule has 0 radical (unpaired) electrons. The molecular formula is C27H29FN2O5S. The summed E-state index contributed by atoms with van der Waals surface area (Å²) in [6.07, 6.45) is 1.02. The minimum atomic E-state index is -0.679. The number of ether oxygens (including phenoxy) is 3. The molecule has 1 N–H and O–H groups in total. The molecule has 0 aliphatic rings. The normalized spacial score (nSPS) is 13.4. The lowest BCUT2D eigenvalue weighted by Gasteiger charge is -2.26. The number of esters is 2. The molecule has 1 aromatic heterocycles. The summed E-state index contributed by atoms with van der Waals surface area (Å²) in [6.45, 7) is 4.93. The number of thioether (sulfide) groups is 1. The lowest BCUT2D eigenvalue weighted by molar-refractivity contribution is -0.150. The molecule has 9 heteroatoms. The van der Waals surface area contributed by atoms with Crippen molar-refractivity contribution in [3.63, 3.8) is 0 Å². The molecule has 0 saturated carbocycles. The van der Waals surface area contributed by atoms with Gasteiger partial charge in [0.05, 0.1) is 12.4 Å². The zero-order valence-electron chi connectivity index (χ0n) is 20.6. The van der Waals surface area contributed by atoms with E-state index in [0.29, 0.717) is 11.4 Å². The largest absolute Gasteiger partial charge is 0.493 e. The Morgan fingerprint density at radius 2 is 1.75 bits per heavy atom. The number of benzene rings is 2. The number of nitrogens with one attached hydrogen (secondary N) is 1.